The Morgan fingerprint density at radius 3 is 2.48 bits per heavy atom. The highest BCUT2D eigenvalue weighted by molar-refractivity contribution is 5.45. The number of hydrogen-bond acceptors (Lipinski definition) is 6. The first-order valence-electron chi connectivity index (χ1n) is 8.26. The van der Waals surface area contributed by atoms with Crippen LogP contribution in [0.3, 0.4) is 0 Å². The van der Waals surface area contributed by atoms with Crippen LogP contribution in [0.1, 0.15) is 23.4 Å². The van der Waals surface area contributed by atoms with Crippen molar-refractivity contribution < 1.29 is 13.2 Å². The van der Waals surface area contributed by atoms with Gasteiger partial charge in [-0.1, -0.05) is 0 Å². The van der Waals surface area contributed by atoms with Crippen LogP contribution in [0, 0.1) is 0 Å². The first-order valence-corrected chi connectivity index (χ1v) is 8.26. The summed E-state index contributed by atoms with van der Waals surface area (Å²) in [6.07, 6.45) is -0.156. The van der Waals surface area contributed by atoms with E-state index in [9.17, 15) is 13.2 Å². The quantitative estimate of drug-likeness (QED) is 0.827. The van der Waals surface area contributed by atoms with Crippen LogP contribution < -0.4 is 9.80 Å². The SMILES string of the molecule is FC(F)(F)c1ccnc(N2CCN(c3cc4c(nn3)CCC4)CC2)n1. The van der Waals surface area contributed by atoms with Crippen molar-refractivity contribution in [2.45, 2.75) is 25.4 Å². The summed E-state index contributed by atoms with van der Waals surface area (Å²) in [5.74, 6) is 0.958. The van der Waals surface area contributed by atoms with Crippen molar-refractivity contribution in [2.24, 2.45) is 0 Å². The zero-order chi connectivity index (χ0) is 17.4. The summed E-state index contributed by atoms with van der Waals surface area (Å²) < 4.78 is 38.4. The fourth-order valence-electron chi connectivity index (χ4n) is 3.27. The third-order valence-electron chi connectivity index (χ3n) is 4.63. The summed E-state index contributed by atoms with van der Waals surface area (Å²) in [5.41, 5.74) is 1.43. The Labute approximate surface area is 142 Å². The smallest absolute Gasteiger partial charge is 0.352 e. The standard InChI is InChI=1S/C16H17F3N6/c17-16(18,19)13-4-5-20-15(21-13)25-8-6-24(7-9-25)14-10-11-2-1-3-12(11)22-23-14/h4-5,10H,1-3,6-9H2. The Kier molecular flexibility index (Phi) is 3.93. The lowest BCUT2D eigenvalue weighted by Crippen LogP contribution is -2.47. The molecule has 132 valence electrons. The molecule has 2 aromatic heterocycles. The molecule has 0 radical (unpaired) electrons. The van der Waals surface area contributed by atoms with E-state index in [1.807, 2.05) is 0 Å². The minimum atomic E-state index is -4.46. The summed E-state index contributed by atoms with van der Waals surface area (Å²) in [5, 5.41) is 8.59. The number of halogens is 3. The van der Waals surface area contributed by atoms with E-state index in [2.05, 4.69) is 31.1 Å². The number of nitrogens with zero attached hydrogens (tertiary/aromatic N) is 6. The highest BCUT2D eigenvalue weighted by Crippen LogP contribution is 2.28. The lowest BCUT2D eigenvalue weighted by Gasteiger charge is -2.35. The maximum absolute atomic E-state index is 12.8. The molecule has 25 heavy (non-hydrogen) atoms. The van der Waals surface area contributed by atoms with Gasteiger partial charge >= 0.3 is 6.18 Å². The number of aromatic nitrogens is 4. The predicted molar refractivity (Wildman–Crippen MR) is 85.5 cm³/mol. The van der Waals surface area contributed by atoms with Crippen LogP contribution in [0.5, 0.6) is 0 Å². The average molecular weight is 350 g/mol. The van der Waals surface area contributed by atoms with Gasteiger partial charge in [0.25, 0.3) is 0 Å². The number of fused-ring (bicyclic) bond motifs is 1. The number of anilines is 2. The molecule has 3 heterocycles. The molecular formula is C16H17F3N6. The molecule has 0 spiro atoms. The Balaban J connectivity index is 1.45. The van der Waals surface area contributed by atoms with Crippen molar-refractivity contribution in [2.75, 3.05) is 36.0 Å². The van der Waals surface area contributed by atoms with Gasteiger partial charge in [0.2, 0.25) is 5.95 Å². The average Bonchev–Trinajstić information content (AvgIpc) is 3.09. The minimum absolute atomic E-state index is 0.120. The first kappa shape index (κ1) is 16.0. The summed E-state index contributed by atoms with van der Waals surface area (Å²) in [7, 11) is 0. The van der Waals surface area contributed by atoms with Crippen LogP contribution in [-0.2, 0) is 19.0 Å². The van der Waals surface area contributed by atoms with Crippen LogP contribution in [0.15, 0.2) is 18.3 Å². The normalized spacial score (nSPS) is 17.7. The van der Waals surface area contributed by atoms with Gasteiger partial charge in [-0.05, 0) is 37.0 Å². The molecule has 0 unspecified atom stereocenters. The van der Waals surface area contributed by atoms with E-state index in [-0.39, 0.29) is 5.95 Å². The number of aryl methyl sites for hydroxylation is 2. The monoisotopic (exact) mass is 350 g/mol. The largest absolute Gasteiger partial charge is 0.433 e. The van der Waals surface area contributed by atoms with Crippen molar-refractivity contribution in [3.8, 4) is 0 Å². The van der Waals surface area contributed by atoms with Gasteiger partial charge in [0.05, 0.1) is 5.69 Å². The lowest BCUT2D eigenvalue weighted by molar-refractivity contribution is -0.141. The number of rotatable bonds is 2. The van der Waals surface area contributed by atoms with Gasteiger partial charge in [-0.15, -0.1) is 5.10 Å². The Morgan fingerprint density at radius 1 is 0.960 bits per heavy atom. The van der Waals surface area contributed by atoms with Gasteiger partial charge in [-0.25, -0.2) is 9.97 Å². The Morgan fingerprint density at radius 2 is 1.72 bits per heavy atom. The summed E-state index contributed by atoms with van der Waals surface area (Å²) >= 11 is 0. The van der Waals surface area contributed by atoms with Crippen molar-refractivity contribution >= 4 is 11.8 Å². The first-order chi connectivity index (χ1) is 12.0. The maximum Gasteiger partial charge on any atom is 0.433 e. The molecular weight excluding hydrogens is 333 g/mol. The van der Waals surface area contributed by atoms with E-state index >= 15 is 0 Å². The molecule has 1 fully saturated rings. The van der Waals surface area contributed by atoms with Crippen molar-refractivity contribution in [1.82, 2.24) is 20.2 Å². The van der Waals surface area contributed by atoms with Gasteiger partial charge in [-0.2, -0.15) is 18.3 Å². The fourth-order valence-corrected chi connectivity index (χ4v) is 3.27. The van der Waals surface area contributed by atoms with Crippen LogP contribution in [0.2, 0.25) is 0 Å². The van der Waals surface area contributed by atoms with Crippen LogP contribution in [0.25, 0.3) is 0 Å². The van der Waals surface area contributed by atoms with Crippen LogP contribution >= 0.6 is 0 Å². The van der Waals surface area contributed by atoms with Crippen molar-refractivity contribution in [3.63, 3.8) is 0 Å². The fraction of sp³-hybridized carbons (Fsp3) is 0.500. The van der Waals surface area contributed by atoms with Crippen molar-refractivity contribution in [1.29, 1.82) is 0 Å². The van der Waals surface area contributed by atoms with E-state index in [0.717, 1.165) is 43.0 Å². The highest BCUT2D eigenvalue weighted by atomic mass is 19.4. The van der Waals surface area contributed by atoms with Gasteiger partial charge in [0, 0.05) is 32.4 Å². The predicted octanol–water partition coefficient (Wildman–Crippen LogP) is 2.10. The molecule has 9 heteroatoms. The molecule has 2 aromatic rings. The Bertz CT molecular complexity index is 771. The Hall–Kier alpha value is -2.45. The molecule has 1 saturated heterocycles. The molecule has 6 nitrogen and oxygen atoms in total. The van der Waals surface area contributed by atoms with E-state index in [1.54, 1.807) is 4.90 Å². The third-order valence-corrected chi connectivity index (χ3v) is 4.63. The van der Waals surface area contributed by atoms with Gasteiger partial charge in [0.15, 0.2) is 5.82 Å². The van der Waals surface area contributed by atoms with Crippen molar-refractivity contribution in [3.05, 3.63) is 35.3 Å². The molecule has 2 aliphatic rings. The molecule has 0 amide bonds. The highest BCUT2D eigenvalue weighted by Gasteiger charge is 2.33. The van der Waals surface area contributed by atoms with Gasteiger partial charge in [0.1, 0.15) is 5.69 Å². The number of alkyl halides is 3. The molecule has 1 aliphatic carbocycles. The van der Waals surface area contributed by atoms with E-state index in [4.69, 9.17) is 0 Å². The summed E-state index contributed by atoms with van der Waals surface area (Å²) in [6, 6.07) is 2.98. The third kappa shape index (κ3) is 3.22. The molecule has 0 saturated carbocycles. The molecule has 0 N–H and O–H groups in total. The van der Waals surface area contributed by atoms with Gasteiger partial charge < -0.3 is 9.80 Å². The van der Waals surface area contributed by atoms with Crippen LogP contribution in [-0.4, -0.2) is 46.3 Å². The summed E-state index contributed by atoms with van der Waals surface area (Å²) in [6.45, 7) is 2.38. The second-order valence-corrected chi connectivity index (χ2v) is 6.24. The zero-order valence-electron chi connectivity index (χ0n) is 13.5. The zero-order valence-corrected chi connectivity index (χ0v) is 13.5. The summed E-state index contributed by atoms with van der Waals surface area (Å²) in [4.78, 5) is 11.5. The molecule has 1 aliphatic heterocycles. The van der Waals surface area contributed by atoms with E-state index in [0.29, 0.717) is 26.2 Å². The maximum atomic E-state index is 12.8. The molecule has 4 rings (SSSR count). The van der Waals surface area contributed by atoms with Gasteiger partial charge in [-0.3, -0.25) is 0 Å². The van der Waals surface area contributed by atoms with Crippen LogP contribution in [0.4, 0.5) is 24.9 Å². The minimum Gasteiger partial charge on any atom is -0.352 e. The number of piperazine rings is 1. The molecule has 0 aromatic carbocycles. The second kappa shape index (κ2) is 6.12. The molecule has 0 atom stereocenters. The molecule has 0 bridgehead atoms. The van der Waals surface area contributed by atoms with E-state index in [1.165, 1.54) is 5.56 Å². The lowest BCUT2D eigenvalue weighted by atomic mass is 10.2. The topological polar surface area (TPSA) is 58.0 Å². The second-order valence-electron chi connectivity index (χ2n) is 6.24. The van der Waals surface area contributed by atoms with E-state index < -0.39 is 11.9 Å². The number of hydrogen-bond donors (Lipinski definition) is 0.